The lowest BCUT2D eigenvalue weighted by Crippen LogP contribution is -2.21. The summed E-state index contributed by atoms with van der Waals surface area (Å²) in [6.45, 7) is 1.82. The number of hydrogen-bond donors (Lipinski definition) is 2. The van der Waals surface area contributed by atoms with Crippen LogP contribution in [0.15, 0.2) is 41.2 Å². The lowest BCUT2D eigenvalue weighted by atomic mass is 10.0. The summed E-state index contributed by atoms with van der Waals surface area (Å²) in [6, 6.07) is 11.5. The summed E-state index contributed by atoms with van der Waals surface area (Å²) in [5.41, 5.74) is 8.26. The zero-order chi connectivity index (χ0) is 12.3. The van der Waals surface area contributed by atoms with Gasteiger partial charge < -0.3 is 10.7 Å². The van der Waals surface area contributed by atoms with Gasteiger partial charge in [0, 0.05) is 5.69 Å². The summed E-state index contributed by atoms with van der Waals surface area (Å²) >= 11 is 0. The Morgan fingerprint density at radius 1 is 1.35 bits per heavy atom. The smallest absolute Gasteiger partial charge is 0.322 e. The molecule has 0 aliphatic rings. The number of nitrogens with zero attached hydrogens (tertiary/aromatic N) is 1. The van der Waals surface area contributed by atoms with Crippen molar-refractivity contribution in [1.82, 2.24) is 9.97 Å². The first-order valence-corrected chi connectivity index (χ1v) is 5.52. The van der Waals surface area contributed by atoms with Gasteiger partial charge >= 0.3 is 5.69 Å². The van der Waals surface area contributed by atoms with Crippen LogP contribution in [0, 0.1) is 6.92 Å². The summed E-state index contributed by atoms with van der Waals surface area (Å²) in [5.74, 6) is 0. The van der Waals surface area contributed by atoms with Crippen molar-refractivity contribution in [2.75, 3.05) is 0 Å². The molecular weight excluding hydrogens is 214 g/mol. The maximum absolute atomic E-state index is 11.2. The molecule has 2 aromatic rings. The number of nitrogens with two attached hydrogens (primary N) is 1. The maximum Gasteiger partial charge on any atom is 0.345 e. The average molecular weight is 229 g/mol. The van der Waals surface area contributed by atoms with Crippen LogP contribution in [0.25, 0.3) is 0 Å². The first-order valence-electron chi connectivity index (χ1n) is 5.52. The number of nitrogens with one attached hydrogen (secondary N) is 1. The van der Waals surface area contributed by atoms with E-state index in [1.807, 2.05) is 43.3 Å². The molecule has 1 unspecified atom stereocenters. The Balaban J connectivity index is 2.20. The molecule has 3 N–H and O–H groups in total. The molecule has 0 saturated carbocycles. The minimum atomic E-state index is -0.344. The van der Waals surface area contributed by atoms with Crippen molar-refractivity contribution >= 4 is 0 Å². The summed E-state index contributed by atoms with van der Waals surface area (Å²) in [5, 5.41) is 0. The molecule has 0 aliphatic heterocycles. The van der Waals surface area contributed by atoms with E-state index in [4.69, 9.17) is 5.73 Å². The third kappa shape index (κ3) is 3.01. The average Bonchev–Trinajstić information content (AvgIpc) is 2.29. The van der Waals surface area contributed by atoms with Gasteiger partial charge in [-0.2, -0.15) is 4.98 Å². The Morgan fingerprint density at radius 3 is 2.71 bits per heavy atom. The molecule has 1 atom stereocenters. The first kappa shape index (κ1) is 11.5. The minimum Gasteiger partial charge on any atom is -0.322 e. The van der Waals surface area contributed by atoms with Crippen LogP contribution < -0.4 is 11.4 Å². The van der Waals surface area contributed by atoms with E-state index in [0.717, 1.165) is 11.3 Å². The molecule has 0 spiro atoms. The summed E-state index contributed by atoms with van der Waals surface area (Å²) in [4.78, 5) is 17.7. The third-order valence-corrected chi connectivity index (χ3v) is 2.58. The zero-order valence-corrected chi connectivity index (χ0v) is 9.68. The number of hydrogen-bond acceptors (Lipinski definition) is 3. The van der Waals surface area contributed by atoms with Gasteiger partial charge in [0.15, 0.2) is 0 Å². The van der Waals surface area contributed by atoms with Gasteiger partial charge in [0.1, 0.15) is 0 Å². The van der Waals surface area contributed by atoms with Crippen molar-refractivity contribution in [1.29, 1.82) is 0 Å². The zero-order valence-electron chi connectivity index (χ0n) is 9.68. The van der Waals surface area contributed by atoms with Crippen LogP contribution in [0.3, 0.4) is 0 Å². The topological polar surface area (TPSA) is 71.8 Å². The fraction of sp³-hybridized carbons (Fsp3) is 0.231. The van der Waals surface area contributed by atoms with Crippen LogP contribution in [-0.2, 0) is 6.42 Å². The molecule has 0 aliphatic carbocycles. The molecule has 0 bridgehead atoms. The number of rotatable bonds is 3. The standard InChI is InChI=1S/C13H15N3O/c1-9-7-12(16-13(17)15-9)11(14)8-10-5-3-2-4-6-10/h2-7,11H,8,14H2,1H3,(H,15,16,17). The van der Waals surface area contributed by atoms with Crippen LogP contribution >= 0.6 is 0 Å². The van der Waals surface area contributed by atoms with Gasteiger partial charge in [-0.15, -0.1) is 0 Å². The molecule has 2 rings (SSSR count). The lowest BCUT2D eigenvalue weighted by Gasteiger charge is -2.11. The largest absolute Gasteiger partial charge is 0.345 e. The van der Waals surface area contributed by atoms with Crippen molar-refractivity contribution < 1.29 is 0 Å². The molecule has 17 heavy (non-hydrogen) atoms. The highest BCUT2D eigenvalue weighted by molar-refractivity contribution is 5.19. The second-order valence-electron chi connectivity index (χ2n) is 4.09. The molecule has 0 radical (unpaired) electrons. The van der Waals surface area contributed by atoms with Gasteiger partial charge in [-0.05, 0) is 25.0 Å². The van der Waals surface area contributed by atoms with Gasteiger partial charge in [-0.3, -0.25) is 0 Å². The van der Waals surface area contributed by atoms with Crippen molar-refractivity contribution in [3.63, 3.8) is 0 Å². The highest BCUT2D eigenvalue weighted by Crippen LogP contribution is 2.13. The summed E-state index contributed by atoms with van der Waals surface area (Å²) in [6.07, 6.45) is 0.677. The Labute approximate surface area is 99.5 Å². The van der Waals surface area contributed by atoms with Gasteiger partial charge in [0.25, 0.3) is 0 Å². The minimum absolute atomic E-state index is 0.251. The van der Waals surface area contributed by atoms with E-state index in [0.29, 0.717) is 12.1 Å². The van der Waals surface area contributed by atoms with E-state index in [9.17, 15) is 4.79 Å². The fourth-order valence-electron chi connectivity index (χ4n) is 1.77. The summed E-state index contributed by atoms with van der Waals surface area (Å²) < 4.78 is 0. The van der Waals surface area contributed by atoms with E-state index in [1.54, 1.807) is 0 Å². The van der Waals surface area contributed by atoms with Crippen molar-refractivity contribution in [3.8, 4) is 0 Å². The van der Waals surface area contributed by atoms with E-state index in [2.05, 4.69) is 9.97 Å². The van der Waals surface area contributed by atoms with Gasteiger partial charge in [-0.25, -0.2) is 4.79 Å². The van der Waals surface area contributed by atoms with Crippen LogP contribution in [0.2, 0.25) is 0 Å². The lowest BCUT2D eigenvalue weighted by molar-refractivity contribution is 0.685. The number of aromatic amines is 1. The van der Waals surface area contributed by atoms with Crippen molar-refractivity contribution in [3.05, 3.63) is 63.8 Å². The van der Waals surface area contributed by atoms with Crippen molar-refractivity contribution in [2.45, 2.75) is 19.4 Å². The normalized spacial score (nSPS) is 12.4. The molecule has 4 heteroatoms. The van der Waals surface area contributed by atoms with E-state index >= 15 is 0 Å². The number of aromatic nitrogens is 2. The van der Waals surface area contributed by atoms with Crippen LogP contribution in [0.4, 0.5) is 0 Å². The fourth-order valence-corrected chi connectivity index (χ4v) is 1.77. The van der Waals surface area contributed by atoms with Gasteiger partial charge in [0.05, 0.1) is 11.7 Å². The number of H-pyrrole nitrogens is 1. The highest BCUT2D eigenvalue weighted by Gasteiger charge is 2.09. The van der Waals surface area contributed by atoms with E-state index < -0.39 is 0 Å². The molecular formula is C13H15N3O. The molecule has 0 saturated heterocycles. The van der Waals surface area contributed by atoms with Crippen LogP contribution in [0.1, 0.15) is 23.0 Å². The molecule has 1 aromatic carbocycles. The Bertz CT molecular complexity index is 548. The number of aryl methyl sites for hydroxylation is 1. The SMILES string of the molecule is Cc1cc(C(N)Cc2ccccc2)nc(=O)[nH]1. The Hall–Kier alpha value is -1.94. The molecule has 4 nitrogen and oxygen atoms in total. The van der Waals surface area contributed by atoms with E-state index in [-0.39, 0.29) is 11.7 Å². The first-order chi connectivity index (χ1) is 8.15. The monoisotopic (exact) mass is 229 g/mol. The summed E-state index contributed by atoms with van der Waals surface area (Å²) in [7, 11) is 0. The molecule has 88 valence electrons. The van der Waals surface area contributed by atoms with Crippen LogP contribution in [-0.4, -0.2) is 9.97 Å². The highest BCUT2D eigenvalue weighted by atomic mass is 16.1. The molecule has 1 aromatic heterocycles. The van der Waals surface area contributed by atoms with Gasteiger partial charge in [0.2, 0.25) is 0 Å². The predicted molar refractivity (Wildman–Crippen MR) is 66.7 cm³/mol. The maximum atomic E-state index is 11.2. The van der Waals surface area contributed by atoms with Crippen molar-refractivity contribution in [2.24, 2.45) is 5.73 Å². The second-order valence-corrected chi connectivity index (χ2v) is 4.09. The quantitative estimate of drug-likeness (QED) is 0.833. The Morgan fingerprint density at radius 2 is 2.06 bits per heavy atom. The predicted octanol–water partition coefficient (Wildman–Crippen LogP) is 1.32. The number of benzene rings is 1. The van der Waals surface area contributed by atoms with Crippen LogP contribution in [0.5, 0.6) is 0 Å². The Kier molecular flexibility index (Phi) is 3.35. The molecule has 1 heterocycles. The second kappa shape index (κ2) is 4.93. The third-order valence-electron chi connectivity index (χ3n) is 2.58. The van der Waals surface area contributed by atoms with Gasteiger partial charge in [-0.1, -0.05) is 30.3 Å². The van der Waals surface area contributed by atoms with E-state index in [1.165, 1.54) is 0 Å². The molecule has 0 fully saturated rings. The molecule has 0 amide bonds.